The van der Waals surface area contributed by atoms with Crippen LogP contribution >= 0.6 is 0 Å². The normalized spacial score (nSPS) is 11.7. The van der Waals surface area contributed by atoms with E-state index in [0.29, 0.717) is 34.4 Å². The molecule has 6 aromatic rings. The van der Waals surface area contributed by atoms with Crippen LogP contribution in [0.1, 0.15) is 40.6 Å². The van der Waals surface area contributed by atoms with Gasteiger partial charge >= 0.3 is 0 Å². The molecule has 0 bridgehead atoms. The molecule has 1 unspecified atom stereocenters. The Hall–Kier alpha value is -5.35. The Morgan fingerprint density at radius 3 is 1.67 bits per heavy atom. The molecular weight excluding hydrogens is 554 g/mol. The van der Waals surface area contributed by atoms with Crippen molar-refractivity contribution in [3.8, 4) is 22.3 Å². The van der Waals surface area contributed by atoms with Crippen LogP contribution in [0.5, 0.6) is 0 Å². The van der Waals surface area contributed by atoms with Gasteiger partial charge in [-0.15, -0.1) is 0 Å². The lowest BCUT2D eigenvalue weighted by Gasteiger charge is -2.14. The fraction of sp³-hybridized carbons (Fsp3) is 0.121. The number of pyridine rings is 2. The molecule has 0 aliphatic heterocycles. The van der Waals surface area contributed by atoms with Crippen LogP contribution in [-0.2, 0) is 0 Å². The van der Waals surface area contributed by atoms with Gasteiger partial charge in [0.05, 0.1) is 22.9 Å². The third-order valence-corrected chi connectivity index (χ3v) is 6.88. The molecule has 0 radical (unpaired) electrons. The molecule has 1 N–H and O–H groups in total. The van der Waals surface area contributed by atoms with Crippen molar-refractivity contribution < 1.29 is 18.7 Å². The number of fused-ring (bicyclic) bond motifs is 2. The van der Waals surface area contributed by atoms with E-state index in [1.807, 2.05) is 0 Å². The molecule has 0 aliphatic rings. The van der Waals surface area contributed by atoms with Crippen molar-refractivity contribution in [3.05, 3.63) is 140 Å². The summed E-state index contributed by atoms with van der Waals surface area (Å²) in [7, 11) is 0. The largest absolute Gasteiger partial charge is 0.387 e. The second-order valence-electron chi connectivity index (χ2n) is 9.89. The zero-order chi connectivity index (χ0) is 30.8. The predicted octanol–water partition coefficient (Wildman–Crippen LogP) is 5.48. The molecule has 1 atom stereocenters. The number of rotatable bonds is 4. The first kappa shape index (κ1) is 29.2. The third-order valence-electron chi connectivity index (χ3n) is 6.88. The molecule has 0 spiro atoms. The third kappa shape index (κ3) is 5.60. The number of aliphatic hydroxyl groups is 1. The highest BCUT2D eigenvalue weighted by atomic mass is 19.1. The van der Waals surface area contributed by atoms with Gasteiger partial charge in [-0.05, 0) is 80.4 Å². The van der Waals surface area contributed by atoms with Crippen LogP contribution in [0.15, 0.2) is 94.5 Å². The number of aldehydes is 1. The van der Waals surface area contributed by atoms with Crippen molar-refractivity contribution in [1.82, 2.24) is 18.8 Å². The summed E-state index contributed by atoms with van der Waals surface area (Å²) < 4.78 is 29.8. The van der Waals surface area contributed by atoms with Crippen molar-refractivity contribution in [3.63, 3.8) is 0 Å². The van der Waals surface area contributed by atoms with Gasteiger partial charge in [-0.1, -0.05) is 36.4 Å². The van der Waals surface area contributed by atoms with E-state index in [1.54, 1.807) is 62.4 Å². The monoisotopic (exact) mass is 580 g/mol. The van der Waals surface area contributed by atoms with Gasteiger partial charge < -0.3 is 5.11 Å². The number of aromatic nitrogens is 4. The van der Waals surface area contributed by atoms with Gasteiger partial charge in [-0.2, -0.15) is 0 Å². The average Bonchev–Trinajstić information content (AvgIpc) is 2.97. The summed E-state index contributed by atoms with van der Waals surface area (Å²) in [5.41, 5.74) is 2.91. The molecule has 216 valence electrons. The van der Waals surface area contributed by atoms with Crippen LogP contribution in [-0.4, -0.2) is 30.2 Å². The first-order valence-electron chi connectivity index (χ1n) is 13.3. The molecule has 0 amide bonds. The number of carbonyl (C=O) groups is 1. The molecule has 0 aliphatic carbocycles. The number of nitrogens with zero attached hydrogens (tertiary/aromatic N) is 4. The van der Waals surface area contributed by atoms with E-state index >= 15 is 0 Å². The van der Waals surface area contributed by atoms with Crippen molar-refractivity contribution in [1.29, 1.82) is 0 Å². The van der Waals surface area contributed by atoms with E-state index in [1.165, 1.54) is 52.1 Å². The summed E-state index contributed by atoms with van der Waals surface area (Å²) in [6.07, 6.45) is -0.416. The number of aryl methyl sites for hydroxylation is 2. The van der Waals surface area contributed by atoms with Gasteiger partial charge in [0.1, 0.15) is 28.6 Å². The molecule has 6 rings (SSSR count). The summed E-state index contributed by atoms with van der Waals surface area (Å²) in [4.78, 5) is 45.4. The Labute approximate surface area is 244 Å². The average molecular weight is 581 g/mol. The van der Waals surface area contributed by atoms with Gasteiger partial charge in [-0.25, -0.2) is 18.7 Å². The van der Waals surface area contributed by atoms with E-state index < -0.39 is 17.7 Å². The Morgan fingerprint density at radius 2 is 1.19 bits per heavy atom. The van der Waals surface area contributed by atoms with Crippen molar-refractivity contribution in [2.45, 2.75) is 26.9 Å². The minimum atomic E-state index is -0.934. The van der Waals surface area contributed by atoms with E-state index in [9.17, 15) is 28.3 Å². The van der Waals surface area contributed by atoms with Gasteiger partial charge in [0.25, 0.3) is 11.1 Å². The van der Waals surface area contributed by atoms with Crippen molar-refractivity contribution >= 4 is 17.6 Å². The summed E-state index contributed by atoms with van der Waals surface area (Å²) in [5, 5.41) is 9.98. The molecule has 0 saturated heterocycles. The Kier molecular flexibility index (Phi) is 8.05. The van der Waals surface area contributed by atoms with Crippen LogP contribution in [0.3, 0.4) is 0 Å². The zero-order valence-corrected chi connectivity index (χ0v) is 23.5. The second kappa shape index (κ2) is 11.9. The molecule has 8 nitrogen and oxygen atoms in total. The fourth-order valence-electron chi connectivity index (χ4n) is 4.93. The van der Waals surface area contributed by atoms with Crippen molar-refractivity contribution in [2.24, 2.45) is 0 Å². The summed E-state index contributed by atoms with van der Waals surface area (Å²) >= 11 is 0. The molecule has 4 aromatic heterocycles. The Morgan fingerprint density at radius 1 is 0.721 bits per heavy atom. The lowest BCUT2D eigenvalue weighted by atomic mass is 10.0. The van der Waals surface area contributed by atoms with Crippen molar-refractivity contribution in [2.75, 3.05) is 0 Å². The van der Waals surface area contributed by atoms with E-state index in [0.717, 1.165) is 5.69 Å². The maximum atomic E-state index is 13.5. The standard InChI is InChI=1S/C17H15FN2O2.C16H11FN2O2/c1-10-5-3-8-14-19-16(11(2)21)15(17(22)20(10)14)12-6-4-7-13(18)9-12;1-10-4-2-7-14-18-13(9-20)15(16(21)19(10)14)11-5-3-6-12(17)8-11/h3-9,11,21H,1-2H3;2-9H,1H3. The molecule has 43 heavy (non-hydrogen) atoms. The lowest BCUT2D eigenvalue weighted by Crippen LogP contribution is -2.22. The minimum absolute atomic E-state index is 0.0104. The van der Waals surface area contributed by atoms with E-state index in [4.69, 9.17) is 0 Å². The predicted molar refractivity (Wildman–Crippen MR) is 159 cm³/mol. The highest BCUT2D eigenvalue weighted by molar-refractivity contribution is 5.85. The summed E-state index contributed by atoms with van der Waals surface area (Å²) in [5.74, 6) is -0.915. The van der Waals surface area contributed by atoms with Gasteiger partial charge in [0, 0.05) is 11.4 Å². The Bertz CT molecular complexity index is 2140. The number of hydrogen-bond acceptors (Lipinski definition) is 6. The van der Waals surface area contributed by atoms with Gasteiger partial charge in [0.2, 0.25) is 0 Å². The number of benzene rings is 2. The minimum Gasteiger partial charge on any atom is -0.387 e. The number of halogens is 2. The quantitative estimate of drug-likeness (QED) is 0.277. The maximum Gasteiger partial charge on any atom is 0.266 e. The van der Waals surface area contributed by atoms with Gasteiger partial charge in [-0.3, -0.25) is 23.2 Å². The Balaban J connectivity index is 0.000000171. The van der Waals surface area contributed by atoms with Crippen LogP contribution in [0.4, 0.5) is 8.78 Å². The lowest BCUT2D eigenvalue weighted by molar-refractivity contribution is 0.111. The smallest absolute Gasteiger partial charge is 0.266 e. The molecule has 0 fully saturated rings. The number of hydrogen-bond donors (Lipinski definition) is 1. The van der Waals surface area contributed by atoms with Crippen LogP contribution < -0.4 is 11.1 Å². The molecule has 10 heteroatoms. The maximum absolute atomic E-state index is 13.5. The number of carbonyl (C=O) groups excluding carboxylic acids is 1. The molecule has 2 aromatic carbocycles. The fourth-order valence-corrected chi connectivity index (χ4v) is 4.93. The first-order chi connectivity index (χ1) is 20.6. The van der Waals surface area contributed by atoms with Crippen LogP contribution in [0.25, 0.3) is 33.5 Å². The summed E-state index contributed by atoms with van der Waals surface area (Å²) in [6, 6.07) is 21.8. The highest BCUT2D eigenvalue weighted by Gasteiger charge is 2.19. The summed E-state index contributed by atoms with van der Waals surface area (Å²) in [6.45, 7) is 5.11. The molecular formula is C33H26F2N4O4. The van der Waals surface area contributed by atoms with Crippen LogP contribution in [0, 0.1) is 25.5 Å². The SMILES string of the molecule is Cc1cccc2nc(C(C)O)c(-c3cccc(F)c3)c(=O)n12.Cc1cccc2nc(C=O)c(-c3cccc(F)c3)c(=O)n12. The van der Waals surface area contributed by atoms with E-state index in [2.05, 4.69) is 9.97 Å². The topological polar surface area (TPSA) is 106 Å². The first-order valence-corrected chi connectivity index (χ1v) is 13.3. The molecule has 0 saturated carbocycles. The number of aliphatic hydroxyl groups excluding tert-OH is 1. The molecule has 4 heterocycles. The second-order valence-corrected chi connectivity index (χ2v) is 9.89. The van der Waals surface area contributed by atoms with Crippen LogP contribution in [0.2, 0.25) is 0 Å². The van der Waals surface area contributed by atoms with E-state index in [-0.39, 0.29) is 33.6 Å². The van der Waals surface area contributed by atoms with Gasteiger partial charge in [0.15, 0.2) is 6.29 Å². The zero-order valence-electron chi connectivity index (χ0n) is 23.5. The highest BCUT2D eigenvalue weighted by Crippen LogP contribution is 2.25.